The van der Waals surface area contributed by atoms with E-state index < -0.39 is 30.4 Å². The van der Waals surface area contributed by atoms with Gasteiger partial charge in [0.15, 0.2) is 23.8 Å². The van der Waals surface area contributed by atoms with E-state index in [-0.39, 0.29) is 29.4 Å². The van der Waals surface area contributed by atoms with Crippen molar-refractivity contribution >= 4 is 29.0 Å². The van der Waals surface area contributed by atoms with Gasteiger partial charge in [0.1, 0.15) is 17.7 Å². The predicted octanol–water partition coefficient (Wildman–Crippen LogP) is -0.494. The van der Waals surface area contributed by atoms with Gasteiger partial charge in [0, 0.05) is 38.0 Å². The molecule has 5 heterocycles. The molecule has 14 nitrogen and oxygen atoms in total. The van der Waals surface area contributed by atoms with Crippen LogP contribution in [0.15, 0.2) is 6.33 Å². The second kappa shape index (κ2) is 11.8. The number of fused-ring (bicyclic) bond motifs is 1. The van der Waals surface area contributed by atoms with Crippen molar-refractivity contribution in [2.45, 2.75) is 69.1 Å². The number of aliphatic hydroxyl groups excluding tert-OH is 2. The van der Waals surface area contributed by atoms with Crippen LogP contribution in [-0.2, 0) is 14.3 Å². The number of carbonyl (C=O) groups excluding carboxylic acids is 2. The third kappa shape index (κ3) is 6.08. The Morgan fingerprint density at radius 1 is 1.15 bits per heavy atom. The summed E-state index contributed by atoms with van der Waals surface area (Å²) in [5.74, 6) is 6.69. The minimum atomic E-state index is -1.41. The lowest BCUT2D eigenvalue weighted by molar-refractivity contribution is -0.137. The smallest absolute Gasteiger partial charge is 0.409 e. The summed E-state index contributed by atoms with van der Waals surface area (Å²) < 4.78 is 12.7. The molecule has 14 heteroatoms. The number of nitrogens with two attached hydrogens (primary N) is 1. The zero-order valence-corrected chi connectivity index (χ0v) is 22.7. The first-order valence-corrected chi connectivity index (χ1v) is 14.3. The van der Waals surface area contributed by atoms with Crippen molar-refractivity contribution in [3.63, 3.8) is 0 Å². The maximum atomic E-state index is 12.5. The number of nitrogens with one attached hydrogen (secondary N) is 2. The lowest BCUT2D eigenvalue weighted by atomic mass is 9.94. The number of likely N-dealkylation sites (tertiary alicyclic amines) is 1. The second-order valence-corrected chi connectivity index (χ2v) is 11.3. The van der Waals surface area contributed by atoms with E-state index in [0.29, 0.717) is 43.5 Å². The van der Waals surface area contributed by atoms with E-state index in [4.69, 9.17) is 15.2 Å². The molecule has 4 fully saturated rings. The van der Waals surface area contributed by atoms with E-state index in [1.165, 1.54) is 10.9 Å². The van der Waals surface area contributed by atoms with Gasteiger partial charge in [-0.15, -0.1) is 0 Å². The SMILES string of the molecule is Nc1nc(C#CCC2CCN(C(=O)OCC3CCNC3)CC2)nc2c1ncn2C1OC(C(=O)NC2CC2)C(O)C1O. The Balaban J connectivity index is 1.06. The molecule has 41 heavy (non-hydrogen) atoms. The lowest BCUT2D eigenvalue weighted by Gasteiger charge is -2.30. The van der Waals surface area contributed by atoms with Crippen molar-refractivity contribution in [2.75, 3.05) is 38.5 Å². The van der Waals surface area contributed by atoms with Gasteiger partial charge in [0.25, 0.3) is 5.91 Å². The number of amides is 2. The van der Waals surface area contributed by atoms with Crippen LogP contribution in [0, 0.1) is 23.7 Å². The van der Waals surface area contributed by atoms with Crippen LogP contribution in [0.2, 0.25) is 0 Å². The molecular weight excluding hydrogens is 532 g/mol. The van der Waals surface area contributed by atoms with Gasteiger partial charge in [-0.2, -0.15) is 0 Å². The first-order valence-electron chi connectivity index (χ1n) is 14.3. The normalized spacial score (nSPS) is 28.4. The van der Waals surface area contributed by atoms with Crippen LogP contribution in [-0.4, -0.2) is 104 Å². The van der Waals surface area contributed by atoms with Crippen LogP contribution in [0.25, 0.3) is 11.2 Å². The van der Waals surface area contributed by atoms with Crippen LogP contribution >= 0.6 is 0 Å². The molecule has 3 saturated heterocycles. The Labute approximate surface area is 237 Å². The van der Waals surface area contributed by atoms with Gasteiger partial charge < -0.3 is 41.0 Å². The molecule has 2 aromatic rings. The Kier molecular flexibility index (Phi) is 7.94. The first kappa shape index (κ1) is 27.6. The molecule has 0 aromatic carbocycles. The van der Waals surface area contributed by atoms with Crippen LogP contribution in [0.5, 0.6) is 0 Å². The number of nitrogens with zero attached hydrogens (tertiary/aromatic N) is 5. The van der Waals surface area contributed by atoms with Gasteiger partial charge in [-0.3, -0.25) is 9.36 Å². The van der Waals surface area contributed by atoms with Crippen molar-refractivity contribution in [2.24, 2.45) is 11.8 Å². The van der Waals surface area contributed by atoms with Gasteiger partial charge in [0.2, 0.25) is 5.82 Å². The van der Waals surface area contributed by atoms with Crippen LogP contribution in [0.4, 0.5) is 10.6 Å². The summed E-state index contributed by atoms with van der Waals surface area (Å²) in [6.07, 6.45) is 1.14. The number of imidazole rings is 1. The molecule has 1 saturated carbocycles. The molecule has 5 atom stereocenters. The minimum absolute atomic E-state index is 0.0884. The van der Waals surface area contributed by atoms with Crippen molar-refractivity contribution in [3.05, 3.63) is 12.2 Å². The summed E-state index contributed by atoms with van der Waals surface area (Å²) in [6.45, 7) is 3.62. The summed E-state index contributed by atoms with van der Waals surface area (Å²) in [6, 6.07) is 0.0884. The summed E-state index contributed by atoms with van der Waals surface area (Å²) in [5.41, 5.74) is 6.71. The maximum Gasteiger partial charge on any atom is 0.409 e. The van der Waals surface area contributed by atoms with E-state index >= 15 is 0 Å². The Morgan fingerprint density at radius 3 is 2.68 bits per heavy atom. The highest BCUT2D eigenvalue weighted by Crippen LogP contribution is 2.33. The van der Waals surface area contributed by atoms with Gasteiger partial charge in [-0.25, -0.2) is 19.7 Å². The summed E-state index contributed by atoms with van der Waals surface area (Å²) in [5, 5.41) is 27.2. The fraction of sp³-hybridized carbons (Fsp3) is 0.667. The third-order valence-electron chi connectivity index (χ3n) is 8.21. The highest BCUT2D eigenvalue weighted by molar-refractivity contribution is 5.83. The summed E-state index contributed by atoms with van der Waals surface area (Å²) in [4.78, 5) is 39.6. The molecule has 220 valence electrons. The van der Waals surface area contributed by atoms with E-state index in [1.807, 2.05) is 0 Å². The summed E-state index contributed by atoms with van der Waals surface area (Å²) >= 11 is 0. The van der Waals surface area contributed by atoms with Crippen molar-refractivity contribution in [1.82, 2.24) is 35.1 Å². The number of hydrogen-bond acceptors (Lipinski definition) is 11. The Bertz CT molecular complexity index is 1340. The number of ether oxygens (including phenoxy) is 2. The highest BCUT2D eigenvalue weighted by atomic mass is 16.6. The zero-order chi connectivity index (χ0) is 28.5. The molecule has 2 aromatic heterocycles. The summed E-state index contributed by atoms with van der Waals surface area (Å²) in [7, 11) is 0. The number of aromatic nitrogens is 4. The van der Waals surface area contributed by atoms with Crippen molar-refractivity contribution < 1.29 is 29.3 Å². The number of aliphatic hydroxyl groups is 2. The van der Waals surface area contributed by atoms with Gasteiger partial charge in [-0.05, 0) is 50.5 Å². The van der Waals surface area contributed by atoms with Crippen molar-refractivity contribution in [1.29, 1.82) is 0 Å². The predicted molar refractivity (Wildman–Crippen MR) is 145 cm³/mol. The molecule has 6 N–H and O–H groups in total. The molecular formula is C27H36N8O6. The second-order valence-electron chi connectivity index (χ2n) is 11.3. The van der Waals surface area contributed by atoms with Gasteiger partial charge in [-0.1, -0.05) is 5.92 Å². The molecule has 0 spiro atoms. The molecule has 4 aliphatic rings. The highest BCUT2D eigenvalue weighted by Gasteiger charge is 2.48. The molecule has 0 radical (unpaired) electrons. The standard InChI is InChI=1S/C27H36N8O6/c28-23-19-24(35(14-30-19)26-21(37)20(36)22(41-26)25(38)31-17-4-5-17)33-18(32-23)3-1-2-15-7-10-34(11-8-15)27(39)40-13-16-6-9-29-12-16/h14-17,20-22,26,29,36-37H,2,4-13H2,(H,31,38)(H2,28,32,33). The number of nitrogen functional groups attached to an aromatic ring is 1. The average Bonchev–Trinajstić information content (AvgIpc) is 3.32. The molecule has 0 bridgehead atoms. The average molecular weight is 569 g/mol. The van der Waals surface area contributed by atoms with E-state index in [1.54, 1.807) is 4.90 Å². The first-order chi connectivity index (χ1) is 19.9. The molecule has 5 unspecified atom stereocenters. The van der Waals surface area contributed by atoms with Gasteiger partial charge in [0.05, 0.1) is 12.9 Å². The largest absolute Gasteiger partial charge is 0.449 e. The Morgan fingerprint density at radius 2 is 1.95 bits per heavy atom. The fourth-order valence-electron chi connectivity index (χ4n) is 5.53. The number of piperidine rings is 1. The van der Waals surface area contributed by atoms with Crippen molar-refractivity contribution in [3.8, 4) is 11.8 Å². The zero-order valence-electron chi connectivity index (χ0n) is 22.7. The number of rotatable bonds is 6. The topological polar surface area (TPSA) is 190 Å². The quantitative estimate of drug-likeness (QED) is 0.283. The van der Waals surface area contributed by atoms with Crippen LogP contribution < -0.4 is 16.4 Å². The number of anilines is 1. The molecule has 3 aliphatic heterocycles. The van der Waals surface area contributed by atoms with E-state index in [0.717, 1.165) is 45.2 Å². The molecule has 2 amide bonds. The number of carbonyl (C=O) groups is 2. The molecule has 6 rings (SSSR count). The van der Waals surface area contributed by atoms with Crippen LogP contribution in [0.3, 0.4) is 0 Å². The fourth-order valence-corrected chi connectivity index (χ4v) is 5.53. The van der Waals surface area contributed by atoms with Crippen LogP contribution in [0.1, 0.15) is 50.6 Å². The minimum Gasteiger partial charge on any atom is -0.449 e. The van der Waals surface area contributed by atoms with E-state index in [2.05, 4.69) is 37.4 Å². The maximum absolute atomic E-state index is 12.5. The lowest BCUT2D eigenvalue weighted by Crippen LogP contribution is -2.43. The number of hydrogen-bond donors (Lipinski definition) is 5. The third-order valence-corrected chi connectivity index (χ3v) is 8.21. The Hall–Kier alpha value is -3.51. The van der Waals surface area contributed by atoms with Gasteiger partial charge >= 0.3 is 6.09 Å². The van der Waals surface area contributed by atoms with E-state index in [9.17, 15) is 19.8 Å². The molecule has 1 aliphatic carbocycles. The monoisotopic (exact) mass is 568 g/mol.